The summed E-state index contributed by atoms with van der Waals surface area (Å²) < 4.78 is 13.2. The molecule has 2 amide bonds. The van der Waals surface area contributed by atoms with E-state index in [-0.39, 0.29) is 23.0 Å². The molecule has 3 rings (SSSR count). The number of hydrogen-bond donors (Lipinski definition) is 1. The van der Waals surface area contributed by atoms with Gasteiger partial charge in [0.1, 0.15) is 11.4 Å². The predicted molar refractivity (Wildman–Crippen MR) is 102 cm³/mol. The molecule has 1 aliphatic heterocycles. The van der Waals surface area contributed by atoms with Gasteiger partial charge in [0, 0.05) is 6.54 Å². The lowest BCUT2D eigenvalue weighted by Crippen LogP contribution is -2.53. The molecule has 26 heavy (non-hydrogen) atoms. The first-order valence-corrected chi connectivity index (χ1v) is 8.27. The summed E-state index contributed by atoms with van der Waals surface area (Å²) in [7, 11) is 0. The lowest BCUT2D eigenvalue weighted by atomic mass is 9.97. The zero-order chi connectivity index (χ0) is 18.7. The van der Waals surface area contributed by atoms with Crippen LogP contribution in [0.15, 0.2) is 66.8 Å². The van der Waals surface area contributed by atoms with E-state index in [1.165, 1.54) is 29.2 Å². The average molecular weight is 366 g/mol. The molecule has 2 aromatic rings. The molecular formula is C20H15FN2O2S. The van der Waals surface area contributed by atoms with E-state index in [9.17, 15) is 14.0 Å². The van der Waals surface area contributed by atoms with Crippen LogP contribution in [0, 0.1) is 5.82 Å². The summed E-state index contributed by atoms with van der Waals surface area (Å²) >= 11 is 5.04. The van der Waals surface area contributed by atoms with E-state index in [0.717, 1.165) is 11.1 Å². The lowest BCUT2D eigenvalue weighted by Gasteiger charge is -2.27. The minimum Gasteiger partial charge on any atom is -0.298 e. The van der Waals surface area contributed by atoms with Crippen molar-refractivity contribution in [2.45, 2.75) is 0 Å². The molecule has 1 fully saturated rings. The third-order valence-corrected chi connectivity index (χ3v) is 4.24. The van der Waals surface area contributed by atoms with Gasteiger partial charge in [0.2, 0.25) is 0 Å². The second-order valence-corrected chi connectivity index (χ2v) is 6.00. The number of halogens is 1. The third kappa shape index (κ3) is 3.45. The fourth-order valence-corrected chi connectivity index (χ4v) is 2.91. The number of carbonyl (C=O) groups is 2. The maximum atomic E-state index is 13.2. The van der Waals surface area contributed by atoms with Crippen LogP contribution >= 0.6 is 12.2 Å². The molecule has 0 spiro atoms. The molecule has 0 saturated carbocycles. The van der Waals surface area contributed by atoms with Crippen molar-refractivity contribution in [1.29, 1.82) is 0 Å². The van der Waals surface area contributed by atoms with Crippen molar-refractivity contribution in [3.8, 4) is 11.1 Å². The minimum absolute atomic E-state index is 0.0185. The number of amides is 2. The van der Waals surface area contributed by atoms with Crippen molar-refractivity contribution in [2.24, 2.45) is 0 Å². The van der Waals surface area contributed by atoms with Gasteiger partial charge < -0.3 is 0 Å². The van der Waals surface area contributed by atoms with Gasteiger partial charge in [0.05, 0.1) is 0 Å². The van der Waals surface area contributed by atoms with Gasteiger partial charge in [-0.15, -0.1) is 6.58 Å². The molecule has 0 radical (unpaired) electrons. The summed E-state index contributed by atoms with van der Waals surface area (Å²) in [5.74, 6) is -1.36. The highest BCUT2D eigenvalue weighted by Crippen LogP contribution is 2.26. The molecule has 0 atom stereocenters. The average Bonchev–Trinajstić information content (AvgIpc) is 2.63. The third-order valence-electron chi connectivity index (χ3n) is 3.91. The minimum atomic E-state index is -0.547. The number of hydrogen-bond acceptors (Lipinski definition) is 3. The number of nitrogens with one attached hydrogen (secondary N) is 1. The Hall–Kier alpha value is -3.12. The van der Waals surface area contributed by atoms with E-state index in [1.807, 2.05) is 12.1 Å². The van der Waals surface area contributed by atoms with Gasteiger partial charge in [0.25, 0.3) is 11.8 Å². The summed E-state index contributed by atoms with van der Waals surface area (Å²) in [4.78, 5) is 26.2. The standard InChI is InChI=1S/C20H15FN2O2S/c1-2-11-23-19(25)17(18(24)22-20(23)26)12-14-5-3-4-6-16(14)13-7-9-15(21)10-8-13/h2-10,12H,1,11H2,(H,22,24,26)/b17-12+. The highest BCUT2D eigenvalue weighted by Gasteiger charge is 2.32. The number of carbonyl (C=O) groups excluding carboxylic acids is 2. The van der Waals surface area contributed by atoms with E-state index < -0.39 is 11.8 Å². The molecule has 1 heterocycles. The van der Waals surface area contributed by atoms with Crippen LogP contribution in [0.4, 0.5) is 4.39 Å². The van der Waals surface area contributed by atoms with E-state index in [0.29, 0.717) is 5.56 Å². The fourth-order valence-electron chi connectivity index (χ4n) is 2.66. The molecule has 1 N–H and O–H groups in total. The molecule has 6 heteroatoms. The van der Waals surface area contributed by atoms with Crippen LogP contribution in [0.2, 0.25) is 0 Å². The van der Waals surface area contributed by atoms with Crippen LogP contribution in [0.1, 0.15) is 5.56 Å². The summed E-state index contributed by atoms with van der Waals surface area (Å²) in [5, 5.41) is 2.57. The maximum absolute atomic E-state index is 13.2. The van der Waals surface area contributed by atoms with Gasteiger partial charge in [-0.3, -0.25) is 19.8 Å². The van der Waals surface area contributed by atoms with Crippen molar-refractivity contribution in [3.05, 3.63) is 78.1 Å². The molecule has 0 aliphatic carbocycles. The van der Waals surface area contributed by atoms with Crippen LogP contribution in [-0.4, -0.2) is 28.4 Å². The molecule has 4 nitrogen and oxygen atoms in total. The van der Waals surface area contributed by atoms with Gasteiger partial charge in [-0.1, -0.05) is 42.5 Å². The Labute approximate surface area is 155 Å². The first-order valence-electron chi connectivity index (χ1n) is 7.86. The first kappa shape index (κ1) is 17.7. The first-order chi connectivity index (χ1) is 12.5. The number of rotatable bonds is 4. The predicted octanol–water partition coefficient (Wildman–Crippen LogP) is 3.31. The number of thiocarbonyl (C=S) groups is 1. The maximum Gasteiger partial charge on any atom is 0.265 e. The second-order valence-electron chi connectivity index (χ2n) is 5.62. The van der Waals surface area contributed by atoms with E-state index in [2.05, 4.69) is 11.9 Å². The molecule has 130 valence electrons. The monoisotopic (exact) mass is 366 g/mol. The SMILES string of the molecule is C=CCN1C(=O)/C(=C/c2ccccc2-c2ccc(F)cc2)C(=O)NC1=S. The molecule has 1 saturated heterocycles. The molecule has 2 aromatic carbocycles. The molecule has 0 aromatic heterocycles. The Morgan fingerprint density at radius 2 is 1.81 bits per heavy atom. The van der Waals surface area contributed by atoms with Crippen LogP contribution in [0.25, 0.3) is 17.2 Å². The topological polar surface area (TPSA) is 49.4 Å². The fraction of sp³-hybridized carbons (Fsp3) is 0.0500. The summed E-state index contributed by atoms with van der Waals surface area (Å²) in [6, 6.07) is 13.3. The van der Waals surface area contributed by atoms with Gasteiger partial charge in [-0.2, -0.15) is 0 Å². The zero-order valence-corrected chi connectivity index (χ0v) is 14.6. The highest BCUT2D eigenvalue weighted by molar-refractivity contribution is 7.80. The molecular weight excluding hydrogens is 351 g/mol. The Morgan fingerprint density at radius 1 is 1.12 bits per heavy atom. The molecule has 1 aliphatic rings. The Morgan fingerprint density at radius 3 is 2.50 bits per heavy atom. The van der Waals surface area contributed by atoms with E-state index >= 15 is 0 Å². The largest absolute Gasteiger partial charge is 0.298 e. The lowest BCUT2D eigenvalue weighted by molar-refractivity contribution is -0.128. The summed E-state index contributed by atoms with van der Waals surface area (Å²) in [6.45, 7) is 3.80. The van der Waals surface area contributed by atoms with Gasteiger partial charge in [-0.05, 0) is 47.1 Å². The number of nitrogens with zero attached hydrogens (tertiary/aromatic N) is 1. The molecule has 0 unspecified atom stereocenters. The van der Waals surface area contributed by atoms with Crippen molar-refractivity contribution in [3.63, 3.8) is 0 Å². The zero-order valence-electron chi connectivity index (χ0n) is 13.7. The van der Waals surface area contributed by atoms with Crippen LogP contribution < -0.4 is 5.32 Å². The Kier molecular flexibility index (Phi) is 5.04. The Bertz CT molecular complexity index is 935. The van der Waals surface area contributed by atoms with E-state index in [4.69, 9.17) is 12.2 Å². The van der Waals surface area contributed by atoms with Crippen LogP contribution in [0.5, 0.6) is 0 Å². The van der Waals surface area contributed by atoms with Crippen molar-refractivity contribution < 1.29 is 14.0 Å². The van der Waals surface area contributed by atoms with Gasteiger partial charge in [0.15, 0.2) is 5.11 Å². The second kappa shape index (κ2) is 7.41. The van der Waals surface area contributed by atoms with Crippen molar-refractivity contribution >= 4 is 35.2 Å². The quantitative estimate of drug-likeness (QED) is 0.391. The van der Waals surface area contributed by atoms with Crippen molar-refractivity contribution in [1.82, 2.24) is 10.2 Å². The van der Waals surface area contributed by atoms with Crippen molar-refractivity contribution in [2.75, 3.05) is 6.54 Å². The highest BCUT2D eigenvalue weighted by atomic mass is 32.1. The van der Waals surface area contributed by atoms with Gasteiger partial charge >= 0.3 is 0 Å². The summed E-state index contributed by atoms with van der Waals surface area (Å²) in [5.41, 5.74) is 2.21. The van der Waals surface area contributed by atoms with Gasteiger partial charge in [-0.25, -0.2) is 4.39 Å². The molecule has 0 bridgehead atoms. The Balaban J connectivity index is 2.05. The van der Waals surface area contributed by atoms with Crippen LogP contribution in [-0.2, 0) is 9.59 Å². The summed E-state index contributed by atoms with van der Waals surface area (Å²) in [6.07, 6.45) is 3.06. The van der Waals surface area contributed by atoms with Crippen LogP contribution in [0.3, 0.4) is 0 Å². The van der Waals surface area contributed by atoms with E-state index in [1.54, 1.807) is 24.3 Å². The number of benzene rings is 2. The normalized spacial score (nSPS) is 16.0. The smallest absolute Gasteiger partial charge is 0.265 e.